The molecule has 0 saturated heterocycles. The molecule has 0 aliphatic rings. The number of rotatable bonds is 12. The Hall–Kier alpha value is -3.16. The summed E-state index contributed by atoms with van der Waals surface area (Å²) in [5.74, 6) is 0.424. The van der Waals surface area contributed by atoms with E-state index in [-0.39, 0.29) is 18.2 Å². The first-order valence-electron chi connectivity index (χ1n) is 11.4. The average molecular weight is 481 g/mol. The zero-order valence-electron chi connectivity index (χ0n) is 20.0. The molecule has 3 rings (SSSR count). The summed E-state index contributed by atoms with van der Waals surface area (Å²) in [6, 6.07) is 18.5. The summed E-state index contributed by atoms with van der Waals surface area (Å²) in [5, 5.41) is 4.97. The summed E-state index contributed by atoms with van der Waals surface area (Å²) in [5.41, 5.74) is 2.90. The third-order valence-electron chi connectivity index (χ3n) is 5.65. The number of hydrogen-bond acceptors (Lipinski definition) is 5. The lowest BCUT2D eigenvalue weighted by atomic mass is 10.0. The highest BCUT2D eigenvalue weighted by atomic mass is 32.1. The highest BCUT2D eigenvalue weighted by Crippen LogP contribution is 2.24. The predicted molar refractivity (Wildman–Crippen MR) is 135 cm³/mol. The Morgan fingerprint density at radius 1 is 1.00 bits per heavy atom. The smallest absolute Gasteiger partial charge is 0.247 e. The molecule has 3 aromatic rings. The van der Waals surface area contributed by atoms with Crippen molar-refractivity contribution in [2.24, 2.45) is 0 Å². The van der Waals surface area contributed by atoms with Gasteiger partial charge in [0.05, 0.1) is 20.1 Å². The minimum Gasteiger partial charge on any atom is -0.497 e. The van der Waals surface area contributed by atoms with E-state index < -0.39 is 6.04 Å². The molecule has 1 heterocycles. The van der Waals surface area contributed by atoms with Crippen LogP contribution in [0.25, 0.3) is 0 Å². The van der Waals surface area contributed by atoms with Crippen molar-refractivity contribution in [1.29, 1.82) is 0 Å². The highest BCUT2D eigenvalue weighted by Gasteiger charge is 2.31. The van der Waals surface area contributed by atoms with Crippen molar-refractivity contribution in [2.45, 2.75) is 32.4 Å². The molecule has 1 aromatic heterocycles. The van der Waals surface area contributed by atoms with E-state index >= 15 is 0 Å². The van der Waals surface area contributed by atoms with Crippen LogP contribution >= 0.6 is 11.3 Å². The molecule has 0 bridgehead atoms. The van der Waals surface area contributed by atoms with Crippen molar-refractivity contribution in [2.75, 3.05) is 27.4 Å². The lowest BCUT2D eigenvalue weighted by Crippen LogP contribution is -2.45. The fraction of sp³-hybridized carbons (Fsp3) is 0.333. The van der Waals surface area contributed by atoms with E-state index in [1.54, 1.807) is 19.1 Å². The first-order chi connectivity index (χ1) is 16.5. The number of nitrogens with one attached hydrogen (secondary N) is 1. The second-order valence-corrected chi connectivity index (χ2v) is 8.93. The maximum Gasteiger partial charge on any atom is 0.247 e. The summed E-state index contributed by atoms with van der Waals surface area (Å²) < 4.78 is 10.5. The van der Waals surface area contributed by atoms with Crippen LogP contribution in [0.2, 0.25) is 0 Å². The van der Waals surface area contributed by atoms with Gasteiger partial charge in [-0.25, -0.2) is 0 Å². The summed E-state index contributed by atoms with van der Waals surface area (Å²) in [6.07, 6.45) is 1.15. The van der Waals surface area contributed by atoms with Crippen LogP contribution in [0.4, 0.5) is 0 Å². The number of carbonyl (C=O) groups excluding carboxylic acids is 2. The SMILES string of the molecule is CCc1ccc([C@@H](C(=O)NCc2ccc(OC)cc2)N(CCOC)C(=O)Cc2cccs2)cc1. The van der Waals surface area contributed by atoms with Gasteiger partial charge >= 0.3 is 0 Å². The molecule has 0 spiro atoms. The Morgan fingerprint density at radius 2 is 1.71 bits per heavy atom. The number of benzene rings is 2. The molecule has 6 nitrogen and oxygen atoms in total. The highest BCUT2D eigenvalue weighted by molar-refractivity contribution is 7.10. The third kappa shape index (κ3) is 6.92. The number of carbonyl (C=O) groups is 2. The Kier molecular flexibility index (Phi) is 9.67. The van der Waals surface area contributed by atoms with Gasteiger partial charge in [0.1, 0.15) is 11.8 Å². The Bertz CT molecular complexity index is 1030. The molecule has 34 heavy (non-hydrogen) atoms. The van der Waals surface area contributed by atoms with Gasteiger partial charge in [-0.3, -0.25) is 9.59 Å². The van der Waals surface area contributed by atoms with Gasteiger partial charge in [0, 0.05) is 25.1 Å². The van der Waals surface area contributed by atoms with Gasteiger partial charge in [-0.15, -0.1) is 11.3 Å². The Labute approximate surface area is 205 Å². The van der Waals surface area contributed by atoms with Crippen molar-refractivity contribution in [3.8, 4) is 5.75 Å². The van der Waals surface area contributed by atoms with Crippen LogP contribution in [0.3, 0.4) is 0 Å². The summed E-state index contributed by atoms with van der Waals surface area (Å²) in [7, 11) is 3.21. The van der Waals surface area contributed by atoms with E-state index in [9.17, 15) is 9.59 Å². The minimum absolute atomic E-state index is 0.108. The van der Waals surface area contributed by atoms with E-state index in [4.69, 9.17) is 9.47 Å². The normalized spacial score (nSPS) is 11.6. The first kappa shape index (κ1) is 25.5. The Morgan fingerprint density at radius 3 is 2.29 bits per heavy atom. The van der Waals surface area contributed by atoms with Crippen molar-refractivity contribution in [1.82, 2.24) is 10.2 Å². The first-order valence-corrected chi connectivity index (χ1v) is 12.2. The van der Waals surface area contributed by atoms with E-state index in [1.165, 1.54) is 16.9 Å². The molecule has 0 fully saturated rings. The maximum atomic E-state index is 13.5. The summed E-state index contributed by atoms with van der Waals surface area (Å²) >= 11 is 1.53. The lowest BCUT2D eigenvalue weighted by molar-refractivity contribution is -0.141. The second-order valence-electron chi connectivity index (χ2n) is 7.90. The van der Waals surface area contributed by atoms with Gasteiger partial charge in [0.25, 0.3) is 0 Å². The molecule has 0 saturated carbocycles. The number of methoxy groups -OCH3 is 2. The molecular formula is C27H32N2O4S. The quantitative estimate of drug-likeness (QED) is 0.417. The minimum atomic E-state index is -0.758. The topological polar surface area (TPSA) is 67.9 Å². The zero-order valence-corrected chi connectivity index (χ0v) is 20.8. The molecule has 7 heteroatoms. The molecule has 1 N–H and O–H groups in total. The van der Waals surface area contributed by atoms with Crippen molar-refractivity contribution in [3.05, 3.63) is 87.6 Å². The second kappa shape index (κ2) is 12.9. The fourth-order valence-corrected chi connectivity index (χ4v) is 4.38. The molecular weight excluding hydrogens is 448 g/mol. The monoisotopic (exact) mass is 480 g/mol. The van der Waals surface area contributed by atoms with Crippen LogP contribution in [-0.4, -0.2) is 44.1 Å². The van der Waals surface area contributed by atoms with Gasteiger partial charge in [-0.05, 0) is 46.7 Å². The number of nitrogens with zero attached hydrogens (tertiary/aromatic N) is 1. The maximum absolute atomic E-state index is 13.5. The zero-order chi connectivity index (χ0) is 24.3. The van der Waals surface area contributed by atoms with Crippen LogP contribution in [-0.2, 0) is 33.7 Å². The molecule has 0 unspecified atom stereocenters. The van der Waals surface area contributed by atoms with Crippen molar-refractivity contribution in [3.63, 3.8) is 0 Å². The number of hydrogen-bond donors (Lipinski definition) is 1. The predicted octanol–water partition coefficient (Wildman–Crippen LogP) is 4.39. The molecule has 0 aliphatic heterocycles. The number of aryl methyl sites for hydroxylation is 1. The van der Waals surface area contributed by atoms with E-state index in [1.807, 2.05) is 66.0 Å². The van der Waals surface area contributed by atoms with Crippen molar-refractivity contribution < 1.29 is 19.1 Å². The third-order valence-corrected chi connectivity index (χ3v) is 6.53. The van der Waals surface area contributed by atoms with Gasteiger partial charge in [0.15, 0.2) is 0 Å². The number of amides is 2. The van der Waals surface area contributed by atoms with Gasteiger partial charge in [-0.2, -0.15) is 0 Å². The number of ether oxygens (including phenoxy) is 2. The van der Waals surface area contributed by atoms with Crippen LogP contribution in [0.5, 0.6) is 5.75 Å². The van der Waals surface area contributed by atoms with Crippen LogP contribution in [0, 0.1) is 0 Å². The largest absolute Gasteiger partial charge is 0.497 e. The standard InChI is InChI=1S/C27H32N2O4S/c1-4-20-7-11-22(12-8-20)26(27(31)28-19-21-9-13-23(33-3)14-10-21)29(15-16-32-2)25(30)18-24-6-5-17-34-24/h5-14,17,26H,4,15-16,18-19H2,1-3H3,(H,28,31)/t26-/m0/s1. The summed E-state index contributed by atoms with van der Waals surface area (Å²) in [6.45, 7) is 3.09. The molecule has 0 aliphatic carbocycles. The van der Waals surface area contributed by atoms with Crippen molar-refractivity contribution >= 4 is 23.2 Å². The molecule has 180 valence electrons. The van der Waals surface area contributed by atoms with E-state index in [0.717, 1.165) is 28.2 Å². The van der Waals surface area contributed by atoms with Gasteiger partial charge in [-0.1, -0.05) is 49.4 Å². The molecule has 0 radical (unpaired) electrons. The number of thiophene rings is 1. The van der Waals surface area contributed by atoms with Gasteiger partial charge in [0.2, 0.25) is 11.8 Å². The molecule has 2 aromatic carbocycles. The van der Waals surface area contributed by atoms with E-state index in [2.05, 4.69) is 12.2 Å². The van der Waals surface area contributed by atoms with Crippen LogP contribution in [0.15, 0.2) is 66.0 Å². The fourth-order valence-electron chi connectivity index (χ4n) is 3.69. The molecule has 1 atom stereocenters. The van der Waals surface area contributed by atoms with Crippen LogP contribution < -0.4 is 10.1 Å². The van der Waals surface area contributed by atoms with E-state index in [0.29, 0.717) is 19.7 Å². The summed E-state index contributed by atoms with van der Waals surface area (Å²) in [4.78, 5) is 29.5. The average Bonchev–Trinajstić information content (AvgIpc) is 3.38. The van der Waals surface area contributed by atoms with Crippen LogP contribution in [0.1, 0.15) is 34.5 Å². The van der Waals surface area contributed by atoms with Gasteiger partial charge < -0.3 is 19.7 Å². The Balaban J connectivity index is 1.86. The molecule has 2 amide bonds. The lowest BCUT2D eigenvalue weighted by Gasteiger charge is -2.31.